The smallest absolute Gasteiger partial charge is 0.250 e. The van der Waals surface area contributed by atoms with Gasteiger partial charge in [-0.25, -0.2) is 0 Å². The third kappa shape index (κ3) is 3.29. The summed E-state index contributed by atoms with van der Waals surface area (Å²) in [5.41, 5.74) is 2.55. The first-order valence-electron chi connectivity index (χ1n) is 13.2. The van der Waals surface area contributed by atoms with Crippen molar-refractivity contribution in [3.05, 3.63) is 65.2 Å². The van der Waals surface area contributed by atoms with E-state index in [2.05, 4.69) is 17.6 Å². The molecule has 2 aromatic rings. The van der Waals surface area contributed by atoms with Crippen LogP contribution in [-0.2, 0) is 32.8 Å². The lowest BCUT2D eigenvalue weighted by Gasteiger charge is -2.32. The summed E-state index contributed by atoms with van der Waals surface area (Å²) in [6.07, 6.45) is 7.48. The van der Waals surface area contributed by atoms with Gasteiger partial charge in [-0.1, -0.05) is 81.1 Å². The van der Waals surface area contributed by atoms with Crippen molar-refractivity contribution in [3.8, 4) is 0 Å². The van der Waals surface area contributed by atoms with Gasteiger partial charge in [0.1, 0.15) is 5.54 Å². The van der Waals surface area contributed by atoms with Gasteiger partial charge in [-0.3, -0.25) is 24.6 Å². The summed E-state index contributed by atoms with van der Waals surface area (Å²) >= 11 is 0. The van der Waals surface area contributed by atoms with Crippen LogP contribution in [0.3, 0.4) is 0 Å². The standard InChI is InChI=1S/C29H33N3O3/c1-2-19-13-10-16-21-25(19)30-28(35)29(21)24-23(22(31-29)17-18-11-6-5-7-12-18)26(33)32(27(24)34)20-14-8-3-4-9-15-20/h5-7,10-13,16,20,22-24,31H,2-4,8-9,14-15,17H2,1H3,(H,30,35)/t22-,23+,24+,29-/m0/s1. The molecule has 0 aromatic heterocycles. The molecule has 3 heterocycles. The molecule has 4 aliphatic rings. The molecule has 1 spiro atoms. The van der Waals surface area contributed by atoms with Crippen molar-refractivity contribution in [2.75, 3.05) is 5.32 Å². The van der Waals surface area contributed by atoms with E-state index in [0.29, 0.717) is 6.42 Å². The highest BCUT2D eigenvalue weighted by Gasteiger charge is 2.70. The van der Waals surface area contributed by atoms with Crippen LogP contribution in [0.15, 0.2) is 48.5 Å². The summed E-state index contributed by atoms with van der Waals surface area (Å²) in [5, 5.41) is 6.69. The number of nitrogens with one attached hydrogen (secondary N) is 2. The van der Waals surface area contributed by atoms with E-state index in [1.165, 1.54) is 0 Å². The third-order valence-corrected chi connectivity index (χ3v) is 8.74. The lowest BCUT2D eigenvalue weighted by atomic mass is 9.76. The molecule has 0 bridgehead atoms. The Bertz CT molecular complexity index is 1170. The summed E-state index contributed by atoms with van der Waals surface area (Å²) in [4.78, 5) is 43.6. The number of amides is 3. The Morgan fingerprint density at radius 3 is 2.37 bits per heavy atom. The van der Waals surface area contributed by atoms with Gasteiger partial charge in [0.2, 0.25) is 17.7 Å². The first-order valence-corrected chi connectivity index (χ1v) is 13.2. The molecule has 6 nitrogen and oxygen atoms in total. The van der Waals surface area contributed by atoms with Crippen molar-refractivity contribution in [2.24, 2.45) is 11.8 Å². The second-order valence-corrected chi connectivity index (χ2v) is 10.6. The van der Waals surface area contributed by atoms with E-state index in [1.807, 2.05) is 48.5 Å². The average molecular weight is 472 g/mol. The Kier molecular flexibility index (Phi) is 5.52. The maximum absolute atomic E-state index is 14.2. The first-order chi connectivity index (χ1) is 17.1. The molecule has 3 aliphatic heterocycles. The maximum Gasteiger partial charge on any atom is 0.250 e. The van der Waals surface area contributed by atoms with E-state index in [4.69, 9.17) is 0 Å². The summed E-state index contributed by atoms with van der Waals surface area (Å²) in [6.45, 7) is 2.06. The van der Waals surface area contributed by atoms with Crippen LogP contribution >= 0.6 is 0 Å². The highest BCUT2D eigenvalue weighted by molar-refractivity contribution is 6.15. The van der Waals surface area contributed by atoms with Gasteiger partial charge in [0.15, 0.2) is 0 Å². The number of carbonyl (C=O) groups is 3. The van der Waals surface area contributed by atoms with Gasteiger partial charge in [-0.15, -0.1) is 0 Å². The number of benzene rings is 2. The number of imide groups is 1. The van der Waals surface area contributed by atoms with E-state index in [1.54, 1.807) is 4.90 Å². The molecule has 0 radical (unpaired) electrons. The lowest BCUT2D eigenvalue weighted by Crippen LogP contribution is -2.54. The van der Waals surface area contributed by atoms with Crippen LogP contribution in [0, 0.1) is 11.8 Å². The minimum atomic E-state index is -1.21. The number of hydrogen-bond acceptors (Lipinski definition) is 4. The number of aryl methyl sites for hydroxylation is 1. The molecule has 2 N–H and O–H groups in total. The first kappa shape index (κ1) is 22.5. The molecule has 6 rings (SSSR count). The van der Waals surface area contributed by atoms with Gasteiger partial charge in [-0.05, 0) is 36.8 Å². The Balaban J connectivity index is 1.46. The molecule has 4 atom stereocenters. The van der Waals surface area contributed by atoms with Crippen LogP contribution in [0.4, 0.5) is 5.69 Å². The fourth-order valence-electron chi connectivity index (χ4n) is 7.13. The molecule has 3 fully saturated rings. The van der Waals surface area contributed by atoms with Crippen LogP contribution in [0.2, 0.25) is 0 Å². The molecular formula is C29H33N3O3. The molecule has 1 aliphatic carbocycles. The van der Waals surface area contributed by atoms with Crippen LogP contribution < -0.4 is 10.6 Å². The molecule has 6 heteroatoms. The van der Waals surface area contributed by atoms with Crippen LogP contribution in [0.5, 0.6) is 0 Å². The zero-order valence-electron chi connectivity index (χ0n) is 20.3. The number of fused-ring (bicyclic) bond motifs is 4. The molecular weight excluding hydrogens is 438 g/mol. The van der Waals surface area contributed by atoms with Crippen molar-refractivity contribution in [1.82, 2.24) is 10.2 Å². The van der Waals surface area contributed by atoms with Crippen molar-refractivity contribution in [2.45, 2.75) is 75.9 Å². The molecule has 2 saturated heterocycles. The Morgan fingerprint density at radius 2 is 1.66 bits per heavy atom. The third-order valence-electron chi connectivity index (χ3n) is 8.74. The number of nitrogens with zero attached hydrogens (tertiary/aromatic N) is 1. The van der Waals surface area contributed by atoms with Gasteiger partial charge in [0, 0.05) is 23.3 Å². The topological polar surface area (TPSA) is 78.5 Å². The number of anilines is 1. The van der Waals surface area contributed by atoms with Crippen molar-refractivity contribution in [1.29, 1.82) is 0 Å². The van der Waals surface area contributed by atoms with E-state index in [-0.39, 0.29) is 29.8 Å². The number of carbonyl (C=O) groups excluding carboxylic acids is 3. The summed E-state index contributed by atoms with van der Waals surface area (Å²) < 4.78 is 0. The molecule has 1 saturated carbocycles. The second-order valence-electron chi connectivity index (χ2n) is 10.6. The van der Waals surface area contributed by atoms with Crippen LogP contribution in [0.1, 0.15) is 62.1 Å². The lowest BCUT2D eigenvalue weighted by molar-refractivity contribution is -0.145. The van der Waals surface area contributed by atoms with Gasteiger partial charge in [0.25, 0.3) is 0 Å². The summed E-state index contributed by atoms with van der Waals surface area (Å²) in [5.74, 6) is -1.74. The number of para-hydroxylation sites is 1. The van der Waals surface area contributed by atoms with Crippen LogP contribution in [0.25, 0.3) is 0 Å². The van der Waals surface area contributed by atoms with Gasteiger partial charge in [0.05, 0.1) is 11.8 Å². The van der Waals surface area contributed by atoms with Crippen molar-refractivity contribution < 1.29 is 14.4 Å². The molecule has 2 aromatic carbocycles. The number of rotatable bonds is 4. The monoisotopic (exact) mass is 471 g/mol. The fourth-order valence-corrected chi connectivity index (χ4v) is 7.13. The predicted octanol–water partition coefficient (Wildman–Crippen LogP) is 3.93. The largest absolute Gasteiger partial charge is 0.324 e. The Morgan fingerprint density at radius 1 is 0.914 bits per heavy atom. The van der Waals surface area contributed by atoms with Crippen molar-refractivity contribution >= 4 is 23.4 Å². The Labute approximate surface area is 206 Å². The number of likely N-dealkylation sites (tertiary alicyclic amines) is 1. The minimum absolute atomic E-state index is 0.0524. The summed E-state index contributed by atoms with van der Waals surface area (Å²) in [6, 6.07) is 15.6. The van der Waals surface area contributed by atoms with Gasteiger partial charge >= 0.3 is 0 Å². The summed E-state index contributed by atoms with van der Waals surface area (Å²) in [7, 11) is 0. The predicted molar refractivity (Wildman–Crippen MR) is 134 cm³/mol. The number of hydrogen-bond donors (Lipinski definition) is 2. The van der Waals surface area contributed by atoms with E-state index in [0.717, 1.165) is 67.3 Å². The van der Waals surface area contributed by atoms with Crippen LogP contribution in [-0.4, -0.2) is 34.7 Å². The molecule has 35 heavy (non-hydrogen) atoms. The molecule has 0 unspecified atom stereocenters. The highest BCUT2D eigenvalue weighted by atomic mass is 16.2. The molecule has 3 amide bonds. The van der Waals surface area contributed by atoms with E-state index >= 15 is 0 Å². The normalized spacial score (nSPS) is 30.5. The second kappa shape index (κ2) is 8.59. The average Bonchev–Trinajstić information content (AvgIpc) is 3.33. The van der Waals surface area contributed by atoms with Gasteiger partial charge in [-0.2, -0.15) is 0 Å². The van der Waals surface area contributed by atoms with Gasteiger partial charge < -0.3 is 5.32 Å². The van der Waals surface area contributed by atoms with Crippen molar-refractivity contribution in [3.63, 3.8) is 0 Å². The zero-order chi connectivity index (χ0) is 24.2. The zero-order valence-corrected chi connectivity index (χ0v) is 20.3. The SMILES string of the molecule is CCc1cccc2c1NC(=O)[C@]21N[C@@H](Cc2ccccc2)[C@H]2C(=O)N(C3CCCCCC3)C(=O)[C@@H]21. The quantitative estimate of drug-likeness (QED) is 0.523. The fraction of sp³-hybridized carbons (Fsp3) is 0.483. The minimum Gasteiger partial charge on any atom is -0.324 e. The maximum atomic E-state index is 14.2. The van der Waals surface area contributed by atoms with E-state index in [9.17, 15) is 14.4 Å². The Hall–Kier alpha value is -2.99. The van der Waals surface area contributed by atoms with E-state index < -0.39 is 17.4 Å². The highest BCUT2D eigenvalue weighted by Crippen LogP contribution is 2.54. The molecule has 182 valence electrons.